The summed E-state index contributed by atoms with van der Waals surface area (Å²) in [6.07, 6.45) is 83.3. The average molecular weight is 1170 g/mol. The van der Waals surface area contributed by atoms with E-state index in [9.17, 15) is 19.0 Å². The SMILES string of the molecule is CC/C=C\C/C=C\C/C=C\C/C=C\CCCCCCCCCCCCCCCCCCC(=O)OC(COC(=O)CCCCCCCCCCCCCCCCCCC/C=C\CCCCCCCCCC)COP(=O)(O)OCC[N+](C)(C)C. The molecule has 0 aromatic heterocycles. The van der Waals surface area contributed by atoms with E-state index in [1.807, 2.05) is 21.1 Å². The Hall–Kier alpha value is -2.29. The largest absolute Gasteiger partial charge is 0.472 e. The number of unbranched alkanes of at least 4 members (excludes halogenated alkanes) is 41. The lowest BCUT2D eigenvalue weighted by Gasteiger charge is -2.24. The van der Waals surface area contributed by atoms with E-state index in [1.54, 1.807) is 0 Å². The first-order chi connectivity index (χ1) is 40.0. The van der Waals surface area contributed by atoms with Crippen LogP contribution in [0.2, 0.25) is 0 Å². The van der Waals surface area contributed by atoms with Crippen LogP contribution in [0.25, 0.3) is 0 Å². The Kier molecular flexibility index (Phi) is 61.5. The van der Waals surface area contributed by atoms with Crippen molar-refractivity contribution in [3.63, 3.8) is 0 Å². The lowest BCUT2D eigenvalue weighted by Crippen LogP contribution is -2.37. The number of carbonyl (C=O) groups excluding carboxylic acids is 2. The van der Waals surface area contributed by atoms with Gasteiger partial charge in [-0.3, -0.25) is 18.6 Å². The van der Waals surface area contributed by atoms with Crippen LogP contribution in [0.5, 0.6) is 0 Å². The number of likely N-dealkylation sites (N-methyl/N-ethyl adjacent to an activating group) is 1. The molecule has 0 saturated heterocycles. The zero-order valence-electron chi connectivity index (χ0n) is 54.7. The summed E-state index contributed by atoms with van der Waals surface area (Å²) in [6.45, 7) is 4.38. The molecule has 1 N–H and O–H groups in total. The van der Waals surface area contributed by atoms with Crippen LogP contribution in [0, 0.1) is 0 Å². The number of carbonyl (C=O) groups is 2. The van der Waals surface area contributed by atoms with Gasteiger partial charge >= 0.3 is 19.8 Å². The lowest BCUT2D eigenvalue weighted by atomic mass is 10.0. The molecule has 0 spiro atoms. The Balaban J connectivity index is 4.01. The zero-order chi connectivity index (χ0) is 59.8. The molecule has 9 nitrogen and oxygen atoms in total. The maximum absolute atomic E-state index is 12.9. The van der Waals surface area contributed by atoms with Gasteiger partial charge in [0.1, 0.15) is 19.8 Å². The highest BCUT2D eigenvalue weighted by molar-refractivity contribution is 7.47. The van der Waals surface area contributed by atoms with E-state index in [2.05, 4.69) is 74.6 Å². The predicted octanol–water partition coefficient (Wildman–Crippen LogP) is 22.6. The van der Waals surface area contributed by atoms with Crippen molar-refractivity contribution in [3.05, 3.63) is 60.8 Å². The monoisotopic (exact) mass is 1170 g/mol. The van der Waals surface area contributed by atoms with Crippen molar-refractivity contribution in [1.82, 2.24) is 0 Å². The first-order valence-electron chi connectivity index (χ1n) is 35.0. The van der Waals surface area contributed by atoms with Crippen molar-refractivity contribution in [3.8, 4) is 0 Å². The number of nitrogens with zero attached hydrogens (tertiary/aromatic N) is 1. The van der Waals surface area contributed by atoms with Crippen LogP contribution in [-0.4, -0.2) is 74.9 Å². The van der Waals surface area contributed by atoms with Gasteiger partial charge in [0.2, 0.25) is 0 Å². The summed E-state index contributed by atoms with van der Waals surface area (Å²) in [5, 5.41) is 0. The highest BCUT2D eigenvalue weighted by Crippen LogP contribution is 2.43. The minimum Gasteiger partial charge on any atom is -0.462 e. The number of ether oxygens (including phenoxy) is 2. The number of rotatable bonds is 65. The normalized spacial score (nSPS) is 13.5. The fraction of sp³-hybridized carbons (Fsp3) is 0.833. The van der Waals surface area contributed by atoms with Gasteiger partial charge in [0.15, 0.2) is 6.10 Å². The Morgan fingerprint density at radius 1 is 0.390 bits per heavy atom. The molecule has 0 fully saturated rings. The molecule has 0 saturated carbocycles. The molecule has 0 aromatic carbocycles. The first kappa shape index (κ1) is 79.7. The highest BCUT2D eigenvalue weighted by atomic mass is 31.2. The van der Waals surface area contributed by atoms with Crippen LogP contribution in [0.1, 0.15) is 335 Å². The van der Waals surface area contributed by atoms with E-state index in [0.29, 0.717) is 23.9 Å². The van der Waals surface area contributed by atoms with Crippen molar-refractivity contribution in [2.24, 2.45) is 0 Å². The summed E-state index contributed by atoms with van der Waals surface area (Å²) in [7, 11) is 1.49. The molecule has 0 amide bonds. The minimum absolute atomic E-state index is 0.0326. The van der Waals surface area contributed by atoms with E-state index in [1.165, 1.54) is 244 Å². The molecule has 0 rings (SSSR count). The van der Waals surface area contributed by atoms with Gasteiger partial charge in [-0.05, 0) is 77.0 Å². The van der Waals surface area contributed by atoms with Gasteiger partial charge in [0, 0.05) is 12.8 Å². The topological polar surface area (TPSA) is 108 Å². The van der Waals surface area contributed by atoms with Gasteiger partial charge in [-0.25, -0.2) is 4.57 Å². The molecule has 82 heavy (non-hydrogen) atoms. The first-order valence-corrected chi connectivity index (χ1v) is 36.5. The van der Waals surface area contributed by atoms with Gasteiger partial charge < -0.3 is 18.9 Å². The van der Waals surface area contributed by atoms with E-state index < -0.39 is 26.5 Å². The third-order valence-corrected chi connectivity index (χ3v) is 16.5. The van der Waals surface area contributed by atoms with Crippen LogP contribution < -0.4 is 0 Å². The van der Waals surface area contributed by atoms with Gasteiger partial charge in [0.25, 0.3) is 0 Å². The number of quaternary nitrogens is 1. The summed E-state index contributed by atoms with van der Waals surface area (Å²) in [5.41, 5.74) is 0. The standard InChI is InChI=1S/C72H134NO8P/c1-6-8-10-12-14-16-18-20-22-24-26-28-30-32-34-36-38-40-42-44-46-48-50-52-54-56-58-60-62-64-71(74)78-68-70(69-80-82(76,77)79-67-66-73(3,4)5)81-72(75)65-63-61-59-57-55-53-51-49-47-45-43-41-39-37-35-33-31-29-27-25-23-21-19-17-15-13-11-9-7-2/h9,11,15,17,21,23-24,26-27,29,70H,6-8,10,12-14,16,18-20,22,25,28,30-69H2,1-5H3/p+1/b11-9-,17-15-,23-21-,26-24-,29-27-. The molecule has 0 aliphatic rings. The van der Waals surface area contributed by atoms with Crippen molar-refractivity contribution in [1.29, 1.82) is 0 Å². The molecule has 480 valence electrons. The summed E-state index contributed by atoms with van der Waals surface area (Å²) < 4.78 is 34.7. The number of esters is 2. The predicted molar refractivity (Wildman–Crippen MR) is 353 cm³/mol. The van der Waals surface area contributed by atoms with E-state index in [4.69, 9.17) is 18.5 Å². The Morgan fingerprint density at radius 2 is 0.695 bits per heavy atom. The Morgan fingerprint density at radius 3 is 1.05 bits per heavy atom. The molecule has 10 heteroatoms. The summed E-state index contributed by atoms with van der Waals surface area (Å²) in [4.78, 5) is 35.9. The van der Waals surface area contributed by atoms with Crippen LogP contribution in [0.15, 0.2) is 60.8 Å². The van der Waals surface area contributed by atoms with Crippen molar-refractivity contribution in [2.75, 3.05) is 47.5 Å². The van der Waals surface area contributed by atoms with E-state index >= 15 is 0 Å². The second-order valence-corrected chi connectivity index (χ2v) is 26.3. The van der Waals surface area contributed by atoms with Gasteiger partial charge in [-0.15, -0.1) is 0 Å². The van der Waals surface area contributed by atoms with Gasteiger partial charge in [-0.2, -0.15) is 0 Å². The summed E-state index contributed by atoms with van der Waals surface area (Å²) in [5.74, 6) is -0.781. The molecular weight excluding hydrogens is 1040 g/mol. The van der Waals surface area contributed by atoms with Crippen LogP contribution in [0.3, 0.4) is 0 Å². The van der Waals surface area contributed by atoms with Crippen LogP contribution in [-0.2, 0) is 32.7 Å². The third-order valence-electron chi connectivity index (χ3n) is 15.5. The van der Waals surface area contributed by atoms with Crippen molar-refractivity contribution in [2.45, 2.75) is 341 Å². The number of hydrogen-bond acceptors (Lipinski definition) is 7. The fourth-order valence-electron chi connectivity index (χ4n) is 10.2. The zero-order valence-corrected chi connectivity index (χ0v) is 55.6. The second kappa shape index (κ2) is 63.2. The fourth-order valence-corrected chi connectivity index (χ4v) is 10.9. The highest BCUT2D eigenvalue weighted by Gasteiger charge is 2.27. The van der Waals surface area contributed by atoms with Crippen molar-refractivity contribution >= 4 is 19.8 Å². The maximum atomic E-state index is 12.9. The van der Waals surface area contributed by atoms with E-state index in [0.717, 1.165) is 57.8 Å². The number of phosphoric ester groups is 1. The molecule has 0 radical (unpaired) electrons. The van der Waals surface area contributed by atoms with Crippen molar-refractivity contribution < 1.29 is 42.1 Å². The Labute approximate surface area is 508 Å². The quantitative estimate of drug-likeness (QED) is 0.0211. The Bertz CT molecular complexity index is 1570. The van der Waals surface area contributed by atoms with Gasteiger partial charge in [-0.1, -0.05) is 306 Å². The smallest absolute Gasteiger partial charge is 0.462 e. The summed E-state index contributed by atoms with van der Waals surface area (Å²) >= 11 is 0. The molecule has 0 aliphatic heterocycles. The number of phosphoric acid groups is 1. The number of allylic oxidation sites excluding steroid dienone is 10. The lowest BCUT2D eigenvalue weighted by molar-refractivity contribution is -0.870. The van der Waals surface area contributed by atoms with Crippen LogP contribution in [0.4, 0.5) is 0 Å². The molecule has 0 aliphatic carbocycles. The number of hydrogen-bond donors (Lipinski definition) is 1. The second-order valence-electron chi connectivity index (χ2n) is 24.9. The average Bonchev–Trinajstić information content (AvgIpc) is 3.45. The molecular formula is C72H135NO8P+. The molecule has 0 heterocycles. The maximum Gasteiger partial charge on any atom is 0.472 e. The summed E-state index contributed by atoms with van der Waals surface area (Å²) in [6, 6.07) is 0. The van der Waals surface area contributed by atoms with E-state index in [-0.39, 0.29) is 25.6 Å². The molecule has 2 atom stereocenters. The van der Waals surface area contributed by atoms with Gasteiger partial charge in [0.05, 0.1) is 27.7 Å². The molecule has 0 aromatic rings. The molecule has 2 unspecified atom stereocenters. The minimum atomic E-state index is -4.39. The van der Waals surface area contributed by atoms with Crippen LogP contribution >= 0.6 is 7.82 Å². The third kappa shape index (κ3) is 66.8. The molecule has 0 bridgehead atoms.